The molecule has 2 N–H and O–H groups in total. The van der Waals surface area contributed by atoms with Crippen LogP contribution < -0.4 is 5.73 Å². The first-order chi connectivity index (χ1) is 8.66. The highest BCUT2D eigenvalue weighted by Crippen LogP contribution is 2.28. The number of thiophene rings is 1. The molecule has 0 saturated carbocycles. The second-order valence-corrected chi connectivity index (χ2v) is 4.39. The number of benzene rings is 1. The van der Waals surface area contributed by atoms with Crippen LogP contribution in [-0.4, -0.2) is 5.91 Å². The zero-order chi connectivity index (χ0) is 14.1. The van der Waals surface area contributed by atoms with E-state index in [2.05, 4.69) is 0 Å². The number of hydrogen-bond acceptors (Lipinski definition) is 2. The molecule has 100 valence electrons. The minimum absolute atomic E-state index is 0.278. The fraction of sp³-hybridized carbons (Fsp3) is 0.357. The molecule has 4 heteroatoms. The van der Waals surface area contributed by atoms with Crippen molar-refractivity contribution in [2.45, 2.75) is 34.1 Å². The number of primary amides is 1. The second-order valence-electron chi connectivity index (χ2n) is 3.04. The van der Waals surface area contributed by atoms with Crippen LogP contribution in [0.25, 0.3) is 10.1 Å². The van der Waals surface area contributed by atoms with Crippen molar-refractivity contribution in [3.05, 3.63) is 34.2 Å². The molecule has 2 nitrogen and oxygen atoms in total. The molecule has 0 radical (unpaired) electrons. The summed E-state index contributed by atoms with van der Waals surface area (Å²) in [5.41, 5.74) is 6.10. The summed E-state index contributed by atoms with van der Waals surface area (Å²) in [6.45, 7) is 8.00. The molecule has 1 amide bonds. The van der Waals surface area contributed by atoms with Gasteiger partial charge in [0.05, 0.1) is 6.42 Å². The Kier molecular flexibility index (Phi) is 8.42. The monoisotopic (exact) mass is 285 g/mol. The van der Waals surface area contributed by atoms with Crippen LogP contribution in [0.5, 0.6) is 0 Å². The summed E-state index contributed by atoms with van der Waals surface area (Å²) in [5.74, 6) is -0.315. The lowest BCUT2D eigenvalue weighted by Gasteiger charge is -1.95. The van der Waals surface area contributed by atoms with Crippen molar-refractivity contribution >= 4 is 38.9 Å². The van der Waals surface area contributed by atoms with Gasteiger partial charge < -0.3 is 5.73 Å². The number of nitrogens with two attached hydrogens (primary N) is 1. The van der Waals surface area contributed by atoms with Gasteiger partial charge in [0.15, 0.2) is 0 Å². The average molecular weight is 286 g/mol. The maximum Gasteiger partial charge on any atom is 0.221 e. The van der Waals surface area contributed by atoms with Crippen LogP contribution >= 0.6 is 22.9 Å². The van der Waals surface area contributed by atoms with Crippen LogP contribution in [0.2, 0.25) is 5.02 Å². The predicted molar refractivity (Wildman–Crippen MR) is 82.4 cm³/mol. The molecule has 0 aliphatic rings. The first-order valence-electron chi connectivity index (χ1n) is 6.11. The van der Waals surface area contributed by atoms with Gasteiger partial charge in [-0.1, -0.05) is 39.3 Å². The van der Waals surface area contributed by atoms with Gasteiger partial charge in [-0.15, -0.1) is 11.3 Å². The minimum Gasteiger partial charge on any atom is -0.369 e. The Balaban J connectivity index is 0.000000659. The number of hydrogen-bond donors (Lipinski definition) is 1. The molecule has 1 aromatic carbocycles. The number of fused-ring (bicyclic) bond motifs is 1. The highest BCUT2D eigenvalue weighted by atomic mass is 35.5. The molecule has 0 aliphatic carbocycles. The van der Waals surface area contributed by atoms with Gasteiger partial charge in [0.25, 0.3) is 0 Å². The molecule has 0 atom stereocenters. The smallest absolute Gasteiger partial charge is 0.221 e. The largest absolute Gasteiger partial charge is 0.369 e. The fourth-order valence-corrected chi connectivity index (χ4v) is 2.49. The van der Waals surface area contributed by atoms with Gasteiger partial charge >= 0.3 is 0 Å². The average Bonchev–Trinajstić information content (AvgIpc) is 2.76. The number of amides is 1. The fourth-order valence-electron chi connectivity index (χ4n) is 1.38. The minimum atomic E-state index is -0.315. The van der Waals surface area contributed by atoms with Gasteiger partial charge in [-0.2, -0.15) is 0 Å². The molecular weight excluding hydrogens is 266 g/mol. The van der Waals surface area contributed by atoms with E-state index in [1.54, 1.807) is 11.3 Å². The van der Waals surface area contributed by atoms with Gasteiger partial charge in [0.2, 0.25) is 5.91 Å². The van der Waals surface area contributed by atoms with Crippen LogP contribution in [0.1, 0.15) is 33.3 Å². The summed E-state index contributed by atoms with van der Waals surface area (Å²) < 4.78 is 1.13. The van der Waals surface area contributed by atoms with Gasteiger partial charge in [-0.05, 0) is 34.5 Å². The summed E-state index contributed by atoms with van der Waals surface area (Å²) in [6.07, 6.45) is 0.278. The van der Waals surface area contributed by atoms with E-state index in [0.717, 1.165) is 15.6 Å². The normalized spacial score (nSPS) is 8.94. The van der Waals surface area contributed by atoms with Gasteiger partial charge in [-0.25, -0.2) is 0 Å². The van der Waals surface area contributed by atoms with E-state index in [-0.39, 0.29) is 12.3 Å². The highest BCUT2D eigenvalue weighted by Gasteiger charge is 2.06. The molecule has 1 heterocycles. The van der Waals surface area contributed by atoms with E-state index in [4.69, 9.17) is 17.3 Å². The number of rotatable bonds is 2. The number of carbonyl (C=O) groups excluding carboxylic acids is 1. The first-order valence-corrected chi connectivity index (χ1v) is 7.36. The lowest BCUT2D eigenvalue weighted by molar-refractivity contribution is -0.117. The van der Waals surface area contributed by atoms with Crippen LogP contribution in [0.3, 0.4) is 0 Å². The summed E-state index contributed by atoms with van der Waals surface area (Å²) in [7, 11) is 0. The molecule has 0 aliphatic heterocycles. The molecule has 1 aromatic heterocycles. The lowest BCUT2D eigenvalue weighted by Crippen LogP contribution is -2.13. The highest BCUT2D eigenvalue weighted by molar-refractivity contribution is 7.17. The van der Waals surface area contributed by atoms with Gasteiger partial charge in [-0.3, -0.25) is 4.79 Å². The maximum atomic E-state index is 10.8. The predicted octanol–water partition coefficient (Wildman–Crippen LogP) is 4.63. The molecular formula is C14H20ClNOS. The molecule has 0 saturated heterocycles. The van der Waals surface area contributed by atoms with Gasteiger partial charge in [0.1, 0.15) is 0 Å². The van der Waals surface area contributed by atoms with Crippen molar-refractivity contribution in [2.75, 3.05) is 0 Å². The Morgan fingerprint density at radius 2 is 1.89 bits per heavy atom. The zero-order valence-electron chi connectivity index (χ0n) is 11.3. The Bertz CT molecular complexity index is 493. The van der Waals surface area contributed by atoms with E-state index in [0.29, 0.717) is 5.02 Å². The summed E-state index contributed by atoms with van der Waals surface area (Å²) in [6, 6.07) is 5.66. The third-order valence-corrected chi connectivity index (χ3v) is 3.23. The van der Waals surface area contributed by atoms with Crippen LogP contribution in [0.15, 0.2) is 23.6 Å². The van der Waals surface area contributed by atoms with Crippen molar-refractivity contribution in [2.24, 2.45) is 5.73 Å². The van der Waals surface area contributed by atoms with Crippen LogP contribution in [0.4, 0.5) is 0 Å². The molecule has 0 fully saturated rings. The van der Waals surface area contributed by atoms with E-state index in [1.807, 2.05) is 51.3 Å². The lowest BCUT2D eigenvalue weighted by atomic mass is 10.1. The van der Waals surface area contributed by atoms with Crippen molar-refractivity contribution < 1.29 is 4.79 Å². The SMILES string of the molecule is CC.CC.NC(=O)Cc1csc2ccc(Cl)cc12. The third kappa shape index (κ3) is 4.67. The van der Waals surface area contributed by atoms with E-state index in [1.165, 1.54) is 0 Å². The topological polar surface area (TPSA) is 43.1 Å². The molecule has 2 aromatic rings. The molecule has 0 bridgehead atoms. The Morgan fingerprint density at radius 3 is 2.44 bits per heavy atom. The summed E-state index contributed by atoms with van der Waals surface area (Å²) in [5, 5.41) is 3.66. The third-order valence-electron chi connectivity index (χ3n) is 1.98. The zero-order valence-corrected chi connectivity index (χ0v) is 12.9. The van der Waals surface area contributed by atoms with Crippen molar-refractivity contribution in [1.29, 1.82) is 0 Å². The molecule has 0 unspecified atom stereocenters. The maximum absolute atomic E-state index is 10.8. The van der Waals surface area contributed by atoms with E-state index >= 15 is 0 Å². The van der Waals surface area contributed by atoms with Crippen LogP contribution in [0, 0.1) is 0 Å². The van der Waals surface area contributed by atoms with Crippen molar-refractivity contribution in [3.8, 4) is 0 Å². The van der Waals surface area contributed by atoms with Crippen molar-refractivity contribution in [3.63, 3.8) is 0 Å². The second kappa shape index (κ2) is 8.95. The van der Waals surface area contributed by atoms with E-state index in [9.17, 15) is 4.79 Å². The number of carbonyl (C=O) groups is 1. The van der Waals surface area contributed by atoms with E-state index < -0.39 is 0 Å². The summed E-state index contributed by atoms with van der Waals surface area (Å²) >= 11 is 7.47. The van der Waals surface area contributed by atoms with Gasteiger partial charge in [0, 0.05) is 9.72 Å². The summed E-state index contributed by atoms with van der Waals surface area (Å²) in [4.78, 5) is 10.8. The molecule has 2 rings (SSSR count). The Morgan fingerprint density at radius 1 is 1.28 bits per heavy atom. The Labute approximate surface area is 118 Å². The van der Waals surface area contributed by atoms with Crippen molar-refractivity contribution in [1.82, 2.24) is 0 Å². The first kappa shape index (κ1) is 16.9. The molecule has 0 spiro atoms. The number of halogens is 1. The van der Waals surface area contributed by atoms with Crippen LogP contribution in [-0.2, 0) is 11.2 Å². The quantitative estimate of drug-likeness (QED) is 0.858. The standard InChI is InChI=1S/C10H8ClNOS.2C2H6/c11-7-1-2-9-8(4-7)6(5-14-9)3-10(12)13;2*1-2/h1-2,4-5H,3H2,(H2,12,13);2*1-2H3. The molecule has 18 heavy (non-hydrogen) atoms. The Hall–Kier alpha value is -1.06.